The number of hydrogen-bond donors (Lipinski definition) is 1. The first kappa shape index (κ1) is 23.5. The molecule has 0 aromatic heterocycles. The molecular weight excluding hydrogens is 465 g/mol. The van der Waals surface area contributed by atoms with Crippen LogP contribution in [0.15, 0.2) is 54.6 Å². The van der Waals surface area contributed by atoms with Crippen molar-refractivity contribution >= 4 is 29.2 Å². The number of esters is 1. The first-order valence-electron chi connectivity index (χ1n) is 10.2. The number of benzene rings is 3. The maximum atomic E-state index is 14.3. The van der Waals surface area contributed by atoms with Crippen LogP contribution in [0.25, 0.3) is 0 Å². The molecule has 34 heavy (non-hydrogen) atoms. The summed E-state index contributed by atoms with van der Waals surface area (Å²) >= 11 is 6.36. The highest BCUT2D eigenvalue weighted by Crippen LogP contribution is 2.47. The zero-order valence-electron chi connectivity index (χ0n) is 18.6. The zero-order valence-corrected chi connectivity index (χ0v) is 19.4. The summed E-state index contributed by atoms with van der Waals surface area (Å²) in [4.78, 5) is 27.1. The quantitative estimate of drug-likeness (QED) is 0.530. The number of methoxy groups -OCH3 is 3. The summed E-state index contributed by atoms with van der Waals surface area (Å²) in [7, 11) is 4.22. The van der Waals surface area contributed by atoms with Crippen molar-refractivity contribution in [3.05, 3.63) is 87.7 Å². The normalized spacial score (nSPS) is 16.9. The molecular formula is C25H21ClFNO6. The molecule has 1 unspecified atom stereocenters. The van der Waals surface area contributed by atoms with Crippen molar-refractivity contribution in [1.82, 2.24) is 0 Å². The lowest BCUT2D eigenvalue weighted by Gasteiger charge is -2.25. The van der Waals surface area contributed by atoms with Crippen molar-refractivity contribution in [2.75, 3.05) is 26.2 Å². The molecule has 1 atom stereocenters. The molecule has 0 bridgehead atoms. The van der Waals surface area contributed by atoms with Gasteiger partial charge in [-0.1, -0.05) is 11.6 Å². The van der Waals surface area contributed by atoms with Crippen molar-refractivity contribution in [1.29, 1.82) is 0 Å². The molecule has 0 saturated carbocycles. The Kier molecular flexibility index (Phi) is 6.20. The van der Waals surface area contributed by atoms with Crippen LogP contribution in [0.1, 0.15) is 27.0 Å². The van der Waals surface area contributed by atoms with Crippen LogP contribution < -0.4 is 14.4 Å². The minimum atomic E-state index is -2.34. The monoisotopic (exact) mass is 485 g/mol. The summed E-state index contributed by atoms with van der Waals surface area (Å²) in [5.74, 6) is -1.04. The number of carbonyl (C=O) groups excluding carboxylic acids is 2. The number of hydrogen-bond acceptors (Lipinski definition) is 6. The maximum absolute atomic E-state index is 14.3. The van der Waals surface area contributed by atoms with Gasteiger partial charge < -0.3 is 24.2 Å². The Morgan fingerprint density at radius 2 is 1.79 bits per heavy atom. The van der Waals surface area contributed by atoms with E-state index in [0.29, 0.717) is 22.7 Å². The van der Waals surface area contributed by atoms with Gasteiger partial charge in [-0.3, -0.25) is 4.79 Å². The Hall–Kier alpha value is -3.62. The van der Waals surface area contributed by atoms with Crippen LogP contribution in [0.2, 0.25) is 5.02 Å². The van der Waals surface area contributed by atoms with Crippen molar-refractivity contribution in [2.45, 2.75) is 12.1 Å². The molecule has 9 heteroatoms. The number of carbonyl (C=O) groups is 2. The molecule has 4 rings (SSSR count). The van der Waals surface area contributed by atoms with E-state index >= 15 is 0 Å². The van der Waals surface area contributed by atoms with Crippen molar-refractivity contribution in [3.63, 3.8) is 0 Å². The fourth-order valence-corrected chi connectivity index (χ4v) is 4.33. The van der Waals surface area contributed by atoms with E-state index < -0.39 is 23.3 Å². The number of rotatable bonds is 6. The lowest BCUT2D eigenvalue weighted by atomic mass is 9.86. The number of aliphatic hydroxyl groups is 1. The van der Waals surface area contributed by atoms with E-state index in [-0.39, 0.29) is 28.3 Å². The molecule has 7 nitrogen and oxygen atoms in total. The average Bonchev–Trinajstić information content (AvgIpc) is 3.05. The van der Waals surface area contributed by atoms with Gasteiger partial charge >= 0.3 is 5.97 Å². The van der Waals surface area contributed by atoms with Crippen molar-refractivity contribution in [3.8, 4) is 11.5 Å². The summed E-state index contributed by atoms with van der Waals surface area (Å²) in [6, 6.07) is 12.9. The van der Waals surface area contributed by atoms with Gasteiger partial charge in [0.25, 0.3) is 5.91 Å². The van der Waals surface area contributed by atoms with Crippen LogP contribution in [0.5, 0.6) is 11.5 Å². The number of amides is 1. The molecule has 0 aliphatic carbocycles. The van der Waals surface area contributed by atoms with Crippen LogP contribution in [-0.4, -0.2) is 38.3 Å². The summed E-state index contributed by atoms with van der Waals surface area (Å²) in [6.07, 6.45) is 0. The molecule has 1 aliphatic heterocycles. The molecule has 0 spiro atoms. The highest BCUT2D eigenvalue weighted by molar-refractivity contribution is 6.32. The molecule has 1 amide bonds. The van der Waals surface area contributed by atoms with E-state index in [0.717, 1.165) is 6.07 Å². The lowest BCUT2D eigenvalue weighted by molar-refractivity contribution is -0.132. The highest BCUT2D eigenvalue weighted by Gasteiger charge is 2.52. The summed E-state index contributed by atoms with van der Waals surface area (Å²) < 4.78 is 29.7. The first-order chi connectivity index (χ1) is 16.2. The van der Waals surface area contributed by atoms with Gasteiger partial charge in [-0.05, 0) is 48.5 Å². The Balaban J connectivity index is 1.86. The third-order valence-electron chi connectivity index (χ3n) is 5.79. The predicted molar refractivity (Wildman–Crippen MR) is 123 cm³/mol. The highest BCUT2D eigenvalue weighted by atomic mass is 35.5. The van der Waals surface area contributed by atoms with Gasteiger partial charge in [0.05, 0.1) is 39.1 Å². The van der Waals surface area contributed by atoms with E-state index in [1.807, 2.05) is 0 Å². The molecule has 1 aliphatic rings. The predicted octanol–water partition coefficient (Wildman–Crippen LogP) is 4.07. The number of ether oxygens (including phenoxy) is 3. The largest absolute Gasteiger partial charge is 0.497 e. The van der Waals surface area contributed by atoms with Gasteiger partial charge in [0.2, 0.25) is 0 Å². The number of nitrogens with zero attached hydrogens (tertiary/aromatic N) is 1. The standard InChI is InChI=1S/C25H21ClFNO6/c1-32-17-7-4-15(22(12-17)33-2)13-28-21-9-6-16(27)11-19(21)25(31,24(28)30)18-10-14(23(29)34-3)5-8-20(18)26/h4-12,31H,13H2,1-3H3. The van der Waals surface area contributed by atoms with Gasteiger partial charge in [-0.2, -0.15) is 0 Å². The molecule has 1 N–H and O–H groups in total. The van der Waals surface area contributed by atoms with Gasteiger partial charge in [0, 0.05) is 27.8 Å². The molecule has 0 fully saturated rings. The van der Waals surface area contributed by atoms with E-state index in [1.54, 1.807) is 18.2 Å². The minimum absolute atomic E-state index is 0.00824. The molecule has 176 valence electrons. The van der Waals surface area contributed by atoms with Gasteiger partial charge in [-0.25, -0.2) is 9.18 Å². The van der Waals surface area contributed by atoms with E-state index in [4.69, 9.17) is 25.8 Å². The summed E-state index contributed by atoms with van der Waals surface area (Å²) in [5.41, 5.74) is -1.38. The Labute approximate surface area is 200 Å². The fourth-order valence-electron chi connectivity index (χ4n) is 4.07. The van der Waals surface area contributed by atoms with Crippen LogP contribution >= 0.6 is 11.6 Å². The third kappa shape index (κ3) is 3.74. The van der Waals surface area contributed by atoms with Crippen molar-refractivity contribution < 1.29 is 33.3 Å². The van der Waals surface area contributed by atoms with E-state index in [1.165, 1.54) is 56.6 Å². The maximum Gasteiger partial charge on any atom is 0.337 e. The Bertz CT molecular complexity index is 1300. The van der Waals surface area contributed by atoms with E-state index in [9.17, 15) is 19.1 Å². The van der Waals surface area contributed by atoms with Crippen LogP contribution in [-0.2, 0) is 21.7 Å². The van der Waals surface area contributed by atoms with E-state index in [2.05, 4.69) is 0 Å². The number of halogens is 2. The number of anilines is 1. The SMILES string of the molecule is COC(=O)c1ccc(Cl)c(C2(O)C(=O)N(Cc3ccc(OC)cc3OC)c3ccc(F)cc32)c1. The fraction of sp³-hybridized carbons (Fsp3) is 0.200. The topological polar surface area (TPSA) is 85.3 Å². The average molecular weight is 486 g/mol. The van der Waals surface area contributed by atoms with Crippen molar-refractivity contribution in [2.24, 2.45) is 0 Å². The second-order valence-electron chi connectivity index (χ2n) is 7.63. The first-order valence-corrected chi connectivity index (χ1v) is 10.6. The van der Waals surface area contributed by atoms with Gasteiger partial charge in [-0.15, -0.1) is 0 Å². The second kappa shape index (κ2) is 8.96. The Morgan fingerprint density at radius 1 is 1.03 bits per heavy atom. The Morgan fingerprint density at radius 3 is 2.47 bits per heavy atom. The molecule has 0 radical (unpaired) electrons. The van der Waals surface area contributed by atoms with Crippen LogP contribution in [0.4, 0.5) is 10.1 Å². The number of fused-ring (bicyclic) bond motifs is 1. The zero-order chi connectivity index (χ0) is 24.6. The summed E-state index contributed by atoms with van der Waals surface area (Å²) in [6.45, 7) is 0.0151. The second-order valence-corrected chi connectivity index (χ2v) is 8.03. The molecule has 3 aromatic rings. The van der Waals surface area contributed by atoms with Gasteiger partial charge in [0.15, 0.2) is 5.60 Å². The van der Waals surface area contributed by atoms with Gasteiger partial charge in [0.1, 0.15) is 17.3 Å². The minimum Gasteiger partial charge on any atom is -0.497 e. The summed E-state index contributed by atoms with van der Waals surface area (Å²) in [5, 5.41) is 11.8. The van der Waals surface area contributed by atoms with Crippen LogP contribution in [0.3, 0.4) is 0 Å². The third-order valence-corrected chi connectivity index (χ3v) is 6.12. The van der Waals surface area contributed by atoms with Crippen LogP contribution in [0, 0.1) is 5.82 Å². The molecule has 0 saturated heterocycles. The lowest BCUT2D eigenvalue weighted by Crippen LogP contribution is -2.41. The molecule has 1 heterocycles. The molecule has 3 aromatic carbocycles. The smallest absolute Gasteiger partial charge is 0.337 e.